The van der Waals surface area contributed by atoms with Crippen molar-refractivity contribution < 1.29 is 4.39 Å². The molecule has 0 amide bonds. The zero-order chi connectivity index (χ0) is 10.1. The minimum absolute atomic E-state index is 0.333. The molecule has 0 aliphatic carbocycles. The van der Waals surface area contributed by atoms with Crippen LogP contribution in [0.2, 0.25) is 0 Å². The number of nitrogen functional groups attached to an aromatic ring is 1. The zero-order valence-corrected chi connectivity index (χ0v) is 8.70. The highest BCUT2D eigenvalue weighted by Crippen LogP contribution is 2.17. The average Bonchev–Trinajstić information content (AvgIpc) is 2.47. The van der Waals surface area contributed by atoms with Crippen molar-refractivity contribution in [2.45, 2.75) is 0 Å². The number of nitrogens with two attached hydrogens (primary N) is 1. The SMILES string of the molecule is Nc1cccc(-n2cc(Br)c(F)n2)c1. The highest BCUT2D eigenvalue weighted by Gasteiger charge is 2.06. The lowest BCUT2D eigenvalue weighted by Gasteiger charge is -2.00. The number of hydrogen-bond acceptors (Lipinski definition) is 2. The molecule has 0 spiro atoms. The van der Waals surface area contributed by atoms with E-state index in [0.29, 0.717) is 10.2 Å². The summed E-state index contributed by atoms with van der Waals surface area (Å²) in [6, 6.07) is 7.07. The Morgan fingerprint density at radius 2 is 2.21 bits per heavy atom. The molecule has 5 heteroatoms. The summed E-state index contributed by atoms with van der Waals surface area (Å²) in [5, 5.41) is 3.67. The van der Waals surface area contributed by atoms with Crippen molar-refractivity contribution >= 4 is 21.6 Å². The van der Waals surface area contributed by atoms with Gasteiger partial charge in [0.1, 0.15) is 0 Å². The number of benzene rings is 1. The van der Waals surface area contributed by atoms with Gasteiger partial charge in [-0.3, -0.25) is 0 Å². The third-order valence-electron chi connectivity index (χ3n) is 1.76. The Balaban J connectivity index is 2.49. The minimum atomic E-state index is -0.535. The van der Waals surface area contributed by atoms with Crippen molar-refractivity contribution in [1.29, 1.82) is 0 Å². The third kappa shape index (κ3) is 1.63. The average molecular weight is 256 g/mol. The number of rotatable bonds is 1. The van der Waals surface area contributed by atoms with E-state index in [0.717, 1.165) is 5.69 Å². The number of nitrogens with zero attached hydrogens (tertiary/aromatic N) is 2. The number of hydrogen-bond donors (Lipinski definition) is 1. The molecule has 2 aromatic rings. The van der Waals surface area contributed by atoms with E-state index in [1.54, 1.807) is 30.5 Å². The summed E-state index contributed by atoms with van der Waals surface area (Å²) in [5.41, 5.74) is 6.95. The van der Waals surface area contributed by atoms with Crippen molar-refractivity contribution in [2.75, 3.05) is 5.73 Å². The van der Waals surface area contributed by atoms with Crippen LogP contribution < -0.4 is 5.73 Å². The van der Waals surface area contributed by atoms with Crippen LogP contribution in [0.5, 0.6) is 0 Å². The molecule has 0 saturated heterocycles. The van der Waals surface area contributed by atoms with E-state index in [4.69, 9.17) is 5.73 Å². The molecule has 3 nitrogen and oxygen atoms in total. The standard InChI is InChI=1S/C9H7BrFN3/c10-8-5-14(13-9(8)11)7-3-1-2-6(12)4-7/h1-5H,12H2. The molecule has 0 saturated carbocycles. The second-order valence-corrected chi connectivity index (χ2v) is 3.66. The van der Waals surface area contributed by atoms with Gasteiger partial charge in [0, 0.05) is 11.9 Å². The summed E-state index contributed by atoms with van der Waals surface area (Å²) in [5.74, 6) is -0.535. The fourth-order valence-corrected chi connectivity index (χ4v) is 1.40. The zero-order valence-electron chi connectivity index (χ0n) is 7.11. The summed E-state index contributed by atoms with van der Waals surface area (Å²) < 4.78 is 14.7. The minimum Gasteiger partial charge on any atom is -0.399 e. The molecule has 0 aliphatic rings. The molecule has 2 rings (SSSR count). The fourth-order valence-electron chi connectivity index (χ4n) is 1.13. The lowest BCUT2D eigenvalue weighted by molar-refractivity contribution is 0.562. The number of aromatic nitrogens is 2. The first kappa shape index (κ1) is 9.21. The fraction of sp³-hybridized carbons (Fsp3) is 0. The van der Waals surface area contributed by atoms with E-state index in [1.807, 2.05) is 0 Å². The quantitative estimate of drug-likeness (QED) is 0.796. The smallest absolute Gasteiger partial charge is 0.247 e. The molecule has 2 N–H and O–H groups in total. The van der Waals surface area contributed by atoms with Crippen LogP contribution >= 0.6 is 15.9 Å². The maximum absolute atomic E-state index is 12.9. The Bertz CT molecular complexity index is 447. The summed E-state index contributed by atoms with van der Waals surface area (Å²) in [6.07, 6.45) is 1.55. The largest absolute Gasteiger partial charge is 0.399 e. The normalized spacial score (nSPS) is 10.4. The van der Waals surface area contributed by atoms with E-state index in [-0.39, 0.29) is 0 Å². The van der Waals surface area contributed by atoms with Gasteiger partial charge < -0.3 is 5.73 Å². The van der Waals surface area contributed by atoms with Crippen molar-refractivity contribution in [3.05, 3.63) is 40.9 Å². The van der Waals surface area contributed by atoms with Crippen LogP contribution in [-0.4, -0.2) is 9.78 Å². The van der Waals surface area contributed by atoms with Crippen LogP contribution in [0.1, 0.15) is 0 Å². The van der Waals surface area contributed by atoms with Gasteiger partial charge in [0.15, 0.2) is 0 Å². The maximum Gasteiger partial charge on any atom is 0.247 e. The molecular weight excluding hydrogens is 249 g/mol. The van der Waals surface area contributed by atoms with Gasteiger partial charge in [0.2, 0.25) is 5.95 Å². The van der Waals surface area contributed by atoms with Gasteiger partial charge in [-0.15, -0.1) is 5.10 Å². The molecule has 0 unspecified atom stereocenters. The first-order valence-electron chi connectivity index (χ1n) is 3.93. The topological polar surface area (TPSA) is 43.8 Å². The molecule has 0 radical (unpaired) electrons. The van der Waals surface area contributed by atoms with Gasteiger partial charge in [0.05, 0.1) is 10.2 Å². The number of halogens is 2. The van der Waals surface area contributed by atoms with E-state index < -0.39 is 5.95 Å². The molecule has 1 aromatic carbocycles. The van der Waals surface area contributed by atoms with E-state index in [2.05, 4.69) is 21.0 Å². The van der Waals surface area contributed by atoms with E-state index in [9.17, 15) is 4.39 Å². The molecule has 72 valence electrons. The van der Waals surface area contributed by atoms with Gasteiger partial charge >= 0.3 is 0 Å². The van der Waals surface area contributed by atoms with Crippen molar-refractivity contribution in [3.8, 4) is 5.69 Å². The van der Waals surface area contributed by atoms with Gasteiger partial charge in [0.25, 0.3) is 0 Å². The highest BCUT2D eigenvalue weighted by atomic mass is 79.9. The van der Waals surface area contributed by atoms with Crippen LogP contribution in [0.3, 0.4) is 0 Å². The van der Waals surface area contributed by atoms with Crippen LogP contribution in [0, 0.1) is 5.95 Å². The highest BCUT2D eigenvalue weighted by molar-refractivity contribution is 9.10. The van der Waals surface area contributed by atoms with E-state index >= 15 is 0 Å². The van der Waals surface area contributed by atoms with Crippen molar-refractivity contribution in [1.82, 2.24) is 9.78 Å². The Labute approximate surface area is 88.5 Å². The lowest BCUT2D eigenvalue weighted by atomic mass is 10.3. The Hall–Kier alpha value is -1.36. The first-order valence-corrected chi connectivity index (χ1v) is 4.73. The summed E-state index contributed by atoms with van der Waals surface area (Å²) in [4.78, 5) is 0. The van der Waals surface area contributed by atoms with Crippen LogP contribution in [0.15, 0.2) is 34.9 Å². The van der Waals surface area contributed by atoms with Crippen LogP contribution in [-0.2, 0) is 0 Å². The molecular formula is C9H7BrFN3. The number of anilines is 1. The van der Waals surface area contributed by atoms with Crippen LogP contribution in [0.4, 0.5) is 10.1 Å². The first-order chi connectivity index (χ1) is 6.66. The van der Waals surface area contributed by atoms with Gasteiger partial charge in [-0.1, -0.05) is 6.07 Å². The molecule has 0 fully saturated rings. The van der Waals surface area contributed by atoms with E-state index in [1.165, 1.54) is 4.68 Å². The van der Waals surface area contributed by atoms with Gasteiger partial charge in [-0.25, -0.2) is 4.68 Å². The predicted molar refractivity (Wildman–Crippen MR) is 55.6 cm³/mol. The summed E-state index contributed by atoms with van der Waals surface area (Å²) in [6.45, 7) is 0. The lowest BCUT2D eigenvalue weighted by Crippen LogP contribution is -1.96. The summed E-state index contributed by atoms with van der Waals surface area (Å²) >= 11 is 3.04. The van der Waals surface area contributed by atoms with Crippen molar-refractivity contribution in [2.24, 2.45) is 0 Å². The Kier molecular flexibility index (Phi) is 2.25. The third-order valence-corrected chi connectivity index (χ3v) is 2.29. The maximum atomic E-state index is 12.9. The predicted octanol–water partition coefficient (Wildman–Crippen LogP) is 2.36. The van der Waals surface area contributed by atoms with Crippen molar-refractivity contribution in [3.63, 3.8) is 0 Å². The Morgan fingerprint density at radius 3 is 2.79 bits per heavy atom. The monoisotopic (exact) mass is 255 g/mol. The second kappa shape index (κ2) is 3.42. The molecule has 14 heavy (non-hydrogen) atoms. The van der Waals surface area contributed by atoms with Gasteiger partial charge in [-0.05, 0) is 34.1 Å². The van der Waals surface area contributed by atoms with Crippen LogP contribution in [0.25, 0.3) is 5.69 Å². The molecule has 0 aliphatic heterocycles. The summed E-state index contributed by atoms with van der Waals surface area (Å²) in [7, 11) is 0. The molecule has 0 bridgehead atoms. The van der Waals surface area contributed by atoms with Gasteiger partial charge in [-0.2, -0.15) is 4.39 Å². The molecule has 0 atom stereocenters. The Morgan fingerprint density at radius 1 is 1.43 bits per heavy atom. The molecule has 1 heterocycles. The molecule has 1 aromatic heterocycles. The second-order valence-electron chi connectivity index (χ2n) is 2.81.